The van der Waals surface area contributed by atoms with Gasteiger partial charge in [0.1, 0.15) is 11.5 Å². The molecule has 0 unspecified atom stereocenters. The van der Waals surface area contributed by atoms with Crippen LogP contribution in [-0.2, 0) is 0 Å². The van der Waals surface area contributed by atoms with Gasteiger partial charge in [0, 0.05) is 51.1 Å². The number of piperazine rings is 1. The van der Waals surface area contributed by atoms with Crippen molar-refractivity contribution in [3.05, 3.63) is 54.3 Å². The Labute approximate surface area is 150 Å². The lowest BCUT2D eigenvalue weighted by Gasteiger charge is -2.35. The fourth-order valence-corrected chi connectivity index (χ4v) is 2.91. The Bertz CT molecular complexity index is 886. The van der Waals surface area contributed by atoms with Crippen LogP contribution in [0.2, 0.25) is 0 Å². The normalized spacial score (nSPS) is 14.5. The van der Waals surface area contributed by atoms with Crippen molar-refractivity contribution in [2.24, 2.45) is 0 Å². The highest BCUT2D eigenvalue weighted by Gasteiger charge is 2.23. The summed E-state index contributed by atoms with van der Waals surface area (Å²) in [5.74, 6) is 1.91. The van der Waals surface area contributed by atoms with Crippen molar-refractivity contribution in [2.45, 2.75) is 6.92 Å². The number of pyridine rings is 2. The van der Waals surface area contributed by atoms with Crippen LogP contribution in [0, 0.1) is 6.92 Å². The molecule has 4 rings (SSSR count). The molecule has 8 heteroatoms. The molecule has 0 spiro atoms. The van der Waals surface area contributed by atoms with Crippen LogP contribution < -0.4 is 4.90 Å². The van der Waals surface area contributed by atoms with Crippen molar-refractivity contribution in [1.82, 2.24) is 25.0 Å². The number of hydrogen-bond acceptors (Lipinski definition) is 7. The number of hydrogen-bond donors (Lipinski definition) is 0. The van der Waals surface area contributed by atoms with Crippen molar-refractivity contribution in [3.63, 3.8) is 0 Å². The quantitative estimate of drug-likeness (QED) is 0.711. The Kier molecular flexibility index (Phi) is 4.30. The van der Waals surface area contributed by atoms with E-state index in [4.69, 9.17) is 4.52 Å². The molecule has 26 heavy (non-hydrogen) atoms. The molecule has 0 bridgehead atoms. The van der Waals surface area contributed by atoms with E-state index >= 15 is 0 Å². The van der Waals surface area contributed by atoms with Crippen LogP contribution >= 0.6 is 0 Å². The average molecular weight is 350 g/mol. The molecule has 1 saturated heterocycles. The van der Waals surface area contributed by atoms with Gasteiger partial charge in [-0.3, -0.25) is 9.78 Å². The monoisotopic (exact) mass is 350 g/mol. The van der Waals surface area contributed by atoms with Gasteiger partial charge in [-0.1, -0.05) is 11.2 Å². The predicted molar refractivity (Wildman–Crippen MR) is 94.6 cm³/mol. The summed E-state index contributed by atoms with van der Waals surface area (Å²) in [7, 11) is 0. The van der Waals surface area contributed by atoms with Crippen LogP contribution in [0.25, 0.3) is 11.4 Å². The molecule has 3 aromatic heterocycles. The Morgan fingerprint density at radius 2 is 1.92 bits per heavy atom. The van der Waals surface area contributed by atoms with Gasteiger partial charge in [-0.2, -0.15) is 4.98 Å². The van der Waals surface area contributed by atoms with E-state index in [0.29, 0.717) is 30.5 Å². The Balaban J connectivity index is 1.39. The number of nitrogens with zero attached hydrogens (tertiary/aromatic N) is 6. The maximum absolute atomic E-state index is 12.5. The standard InChI is InChI=1S/C18H18N6O2/c1-13-21-17(22-26-13)14-5-6-16(20-12-14)23-8-10-24(11-9-23)18(25)15-4-2-3-7-19-15/h2-7,12H,8-11H2,1H3. The van der Waals surface area contributed by atoms with E-state index in [0.717, 1.165) is 24.5 Å². The zero-order chi connectivity index (χ0) is 17.9. The molecule has 3 aromatic rings. The van der Waals surface area contributed by atoms with Gasteiger partial charge in [0.2, 0.25) is 11.7 Å². The van der Waals surface area contributed by atoms with Crippen molar-refractivity contribution in [3.8, 4) is 11.4 Å². The number of rotatable bonds is 3. The maximum atomic E-state index is 12.5. The summed E-state index contributed by atoms with van der Waals surface area (Å²) in [6.07, 6.45) is 3.38. The molecule has 0 aromatic carbocycles. The van der Waals surface area contributed by atoms with Crippen molar-refractivity contribution >= 4 is 11.7 Å². The molecule has 0 N–H and O–H groups in total. The maximum Gasteiger partial charge on any atom is 0.272 e. The van der Waals surface area contributed by atoms with Gasteiger partial charge in [0.15, 0.2) is 0 Å². The third-order valence-corrected chi connectivity index (χ3v) is 4.31. The topological polar surface area (TPSA) is 88.3 Å². The summed E-state index contributed by atoms with van der Waals surface area (Å²) in [5, 5.41) is 3.90. The Morgan fingerprint density at radius 3 is 2.54 bits per heavy atom. The first-order valence-electron chi connectivity index (χ1n) is 8.43. The largest absolute Gasteiger partial charge is 0.353 e. The first-order chi connectivity index (χ1) is 12.7. The fourth-order valence-electron chi connectivity index (χ4n) is 2.91. The van der Waals surface area contributed by atoms with Crippen LogP contribution in [0.1, 0.15) is 16.4 Å². The average Bonchev–Trinajstić information content (AvgIpc) is 3.15. The molecule has 0 saturated carbocycles. The lowest BCUT2D eigenvalue weighted by molar-refractivity contribution is 0.0740. The van der Waals surface area contributed by atoms with E-state index < -0.39 is 0 Å². The fraction of sp³-hybridized carbons (Fsp3) is 0.278. The Hall–Kier alpha value is -3.29. The molecule has 132 valence electrons. The molecule has 0 atom stereocenters. The van der Waals surface area contributed by atoms with Crippen LogP contribution in [0.5, 0.6) is 0 Å². The highest BCUT2D eigenvalue weighted by Crippen LogP contribution is 2.19. The summed E-state index contributed by atoms with van der Waals surface area (Å²) in [6.45, 7) is 4.49. The van der Waals surface area contributed by atoms with E-state index in [1.54, 1.807) is 31.5 Å². The van der Waals surface area contributed by atoms with Crippen molar-refractivity contribution in [2.75, 3.05) is 31.1 Å². The second-order valence-electron chi connectivity index (χ2n) is 6.04. The SMILES string of the molecule is Cc1nc(-c2ccc(N3CCN(C(=O)c4ccccn4)CC3)nc2)no1. The van der Waals surface area contributed by atoms with Crippen LogP contribution in [0.15, 0.2) is 47.2 Å². The number of carbonyl (C=O) groups excluding carboxylic acids is 1. The zero-order valence-corrected chi connectivity index (χ0v) is 14.4. The summed E-state index contributed by atoms with van der Waals surface area (Å²) >= 11 is 0. The van der Waals surface area contributed by atoms with Crippen molar-refractivity contribution < 1.29 is 9.32 Å². The van der Waals surface area contributed by atoms with Gasteiger partial charge < -0.3 is 14.3 Å². The number of carbonyl (C=O) groups is 1. The van der Waals surface area contributed by atoms with Gasteiger partial charge in [0.05, 0.1) is 0 Å². The zero-order valence-electron chi connectivity index (χ0n) is 14.4. The number of anilines is 1. The summed E-state index contributed by atoms with van der Waals surface area (Å²) in [6, 6.07) is 9.25. The van der Waals surface area contributed by atoms with E-state index in [-0.39, 0.29) is 5.91 Å². The molecule has 1 aliphatic rings. The summed E-state index contributed by atoms with van der Waals surface area (Å²) in [4.78, 5) is 29.3. The molecular formula is C18H18N6O2. The van der Waals surface area contributed by atoms with E-state index in [9.17, 15) is 4.79 Å². The van der Waals surface area contributed by atoms with E-state index in [1.165, 1.54) is 0 Å². The predicted octanol–water partition coefficient (Wildman–Crippen LogP) is 1.80. The number of aryl methyl sites for hydroxylation is 1. The van der Waals surface area contributed by atoms with Crippen LogP contribution in [-0.4, -0.2) is 57.1 Å². The molecule has 0 aliphatic carbocycles. The summed E-state index contributed by atoms with van der Waals surface area (Å²) < 4.78 is 4.99. The molecule has 1 fully saturated rings. The Morgan fingerprint density at radius 1 is 1.08 bits per heavy atom. The molecule has 8 nitrogen and oxygen atoms in total. The van der Waals surface area contributed by atoms with E-state index in [1.807, 2.05) is 23.1 Å². The van der Waals surface area contributed by atoms with Gasteiger partial charge in [-0.15, -0.1) is 0 Å². The molecule has 1 amide bonds. The number of amides is 1. The van der Waals surface area contributed by atoms with Crippen molar-refractivity contribution in [1.29, 1.82) is 0 Å². The minimum absolute atomic E-state index is 0.0268. The smallest absolute Gasteiger partial charge is 0.272 e. The third kappa shape index (κ3) is 3.26. The van der Waals surface area contributed by atoms with Crippen LogP contribution in [0.4, 0.5) is 5.82 Å². The highest BCUT2D eigenvalue weighted by molar-refractivity contribution is 5.92. The number of aromatic nitrogens is 4. The van der Waals surface area contributed by atoms with Crippen LogP contribution in [0.3, 0.4) is 0 Å². The molecule has 1 aliphatic heterocycles. The van der Waals surface area contributed by atoms with Gasteiger partial charge in [-0.25, -0.2) is 4.98 Å². The highest BCUT2D eigenvalue weighted by atomic mass is 16.5. The van der Waals surface area contributed by atoms with Gasteiger partial charge >= 0.3 is 0 Å². The van der Waals surface area contributed by atoms with Gasteiger partial charge in [-0.05, 0) is 24.3 Å². The lowest BCUT2D eigenvalue weighted by Crippen LogP contribution is -2.49. The van der Waals surface area contributed by atoms with E-state index in [2.05, 4.69) is 25.0 Å². The molecule has 4 heterocycles. The molecular weight excluding hydrogens is 332 g/mol. The minimum Gasteiger partial charge on any atom is -0.353 e. The molecule has 0 radical (unpaired) electrons. The second-order valence-corrected chi connectivity index (χ2v) is 6.04. The third-order valence-electron chi connectivity index (χ3n) is 4.31. The second kappa shape index (κ2) is 6.91. The first kappa shape index (κ1) is 16.2. The minimum atomic E-state index is -0.0268. The summed E-state index contributed by atoms with van der Waals surface area (Å²) in [5.41, 5.74) is 1.30. The first-order valence-corrected chi connectivity index (χ1v) is 8.43. The lowest BCUT2D eigenvalue weighted by atomic mass is 10.2. The van der Waals surface area contributed by atoms with Gasteiger partial charge in [0.25, 0.3) is 5.91 Å².